The van der Waals surface area contributed by atoms with Gasteiger partial charge in [0.05, 0.1) is 11.0 Å². The van der Waals surface area contributed by atoms with E-state index in [4.69, 9.17) is 0 Å². The first-order valence-electron chi connectivity index (χ1n) is 9.36. The summed E-state index contributed by atoms with van der Waals surface area (Å²) >= 11 is 0. The molecule has 0 unspecified atom stereocenters. The second kappa shape index (κ2) is 8.02. The molecule has 0 aliphatic heterocycles. The van der Waals surface area contributed by atoms with Crippen molar-refractivity contribution in [2.45, 2.75) is 19.1 Å². The Bertz CT molecular complexity index is 1180. The van der Waals surface area contributed by atoms with Crippen molar-refractivity contribution in [2.75, 3.05) is 5.32 Å². The number of imidazole rings is 1. The number of hydrogen-bond acceptors (Lipinski definition) is 2. The van der Waals surface area contributed by atoms with E-state index in [-0.39, 0.29) is 11.0 Å². The lowest BCUT2D eigenvalue weighted by molar-refractivity contribution is -0.147. The van der Waals surface area contributed by atoms with Crippen molar-refractivity contribution in [1.29, 1.82) is 0 Å². The molecular weight excluding hydrogens is 391 g/mol. The van der Waals surface area contributed by atoms with Gasteiger partial charge in [0, 0.05) is 5.69 Å². The first-order valence-corrected chi connectivity index (χ1v) is 9.36. The van der Waals surface area contributed by atoms with Gasteiger partial charge in [-0.2, -0.15) is 13.2 Å². The fourth-order valence-electron chi connectivity index (χ4n) is 3.40. The van der Waals surface area contributed by atoms with Crippen molar-refractivity contribution in [3.05, 3.63) is 95.8 Å². The fourth-order valence-corrected chi connectivity index (χ4v) is 3.40. The van der Waals surface area contributed by atoms with E-state index < -0.39 is 24.5 Å². The summed E-state index contributed by atoms with van der Waals surface area (Å²) in [5.41, 5.74) is 2.98. The first kappa shape index (κ1) is 19.7. The van der Waals surface area contributed by atoms with Crippen molar-refractivity contribution in [3.8, 4) is 0 Å². The summed E-state index contributed by atoms with van der Waals surface area (Å²) in [6.07, 6.45) is -4.07. The number of halogens is 3. The number of carbonyl (C=O) groups excluding carboxylic acids is 1. The van der Waals surface area contributed by atoms with Crippen molar-refractivity contribution < 1.29 is 18.0 Å². The topological polar surface area (TPSA) is 46.9 Å². The van der Waals surface area contributed by atoms with Crippen molar-refractivity contribution in [1.82, 2.24) is 9.55 Å². The standard InChI is InChI=1S/C23H18F3N3O/c24-23(25,26)22-28-19-12-6-7-13-20(19)29(22)15-21(30)27-18-11-5-4-10-17(18)14-16-8-2-1-3-9-16/h1-13H,14-15H2,(H,27,30). The van der Waals surface area contributed by atoms with E-state index in [2.05, 4.69) is 10.3 Å². The van der Waals surface area contributed by atoms with Gasteiger partial charge in [-0.3, -0.25) is 4.79 Å². The Morgan fingerprint density at radius 1 is 0.900 bits per heavy atom. The highest BCUT2D eigenvalue weighted by atomic mass is 19.4. The number of carbonyl (C=O) groups is 1. The molecule has 7 heteroatoms. The Hall–Kier alpha value is -3.61. The number of anilines is 1. The second-order valence-electron chi connectivity index (χ2n) is 6.88. The second-order valence-corrected chi connectivity index (χ2v) is 6.88. The molecule has 1 amide bonds. The van der Waals surface area contributed by atoms with E-state index in [0.717, 1.165) is 15.7 Å². The van der Waals surface area contributed by atoms with Crippen LogP contribution in [0.2, 0.25) is 0 Å². The SMILES string of the molecule is O=C(Cn1c(C(F)(F)F)nc2ccccc21)Nc1ccccc1Cc1ccccc1. The molecule has 3 aromatic carbocycles. The molecule has 152 valence electrons. The average Bonchev–Trinajstić information content (AvgIpc) is 3.09. The predicted octanol–water partition coefficient (Wildman–Crippen LogP) is 5.28. The van der Waals surface area contributed by atoms with Crippen LogP contribution in [0, 0.1) is 0 Å². The molecular formula is C23H18F3N3O. The van der Waals surface area contributed by atoms with Crippen LogP contribution in [0.25, 0.3) is 11.0 Å². The van der Waals surface area contributed by atoms with Crippen LogP contribution in [0.3, 0.4) is 0 Å². The molecule has 4 rings (SSSR count). The number of fused-ring (bicyclic) bond motifs is 1. The summed E-state index contributed by atoms with van der Waals surface area (Å²) in [5, 5.41) is 2.76. The van der Waals surface area contributed by atoms with Crippen LogP contribution in [0.4, 0.5) is 18.9 Å². The van der Waals surface area contributed by atoms with Gasteiger partial charge in [-0.25, -0.2) is 4.98 Å². The van der Waals surface area contributed by atoms with Crippen LogP contribution in [0.15, 0.2) is 78.9 Å². The van der Waals surface area contributed by atoms with Crippen LogP contribution < -0.4 is 5.32 Å². The summed E-state index contributed by atoms with van der Waals surface area (Å²) < 4.78 is 41.3. The first-order chi connectivity index (χ1) is 14.4. The molecule has 1 heterocycles. The zero-order valence-electron chi connectivity index (χ0n) is 15.9. The summed E-state index contributed by atoms with van der Waals surface area (Å²) in [6.45, 7) is -0.491. The molecule has 1 aromatic heterocycles. The molecule has 4 aromatic rings. The van der Waals surface area contributed by atoms with E-state index in [1.165, 1.54) is 12.1 Å². The maximum Gasteiger partial charge on any atom is 0.449 e. The van der Waals surface area contributed by atoms with Gasteiger partial charge in [0.1, 0.15) is 6.54 Å². The zero-order valence-corrected chi connectivity index (χ0v) is 15.9. The van der Waals surface area contributed by atoms with E-state index in [0.29, 0.717) is 12.1 Å². The summed E-state index contributed by atoms with van der Waals surface area (Å²) in [7, 11) is 0. The lowest BCUT2D eigenvalue weighted by Crippen LogP contribution is -2.23. The fraction of sp³-hybridized carbons (Fsp3) is 0.130. The van der Waals surface area contributed by atoms with Gasteiger partial charge in [-0.1, -0.05) is 60.7 Å². The number of nitrogens with one attached hydrogen (secondary N) is 1. The Balaban J connectivity index is 1.60. The minimum atomic E-state index is -4.66. The van der Waals surface area contributed by atoms with Crippen LogP contribution in [0.5, 0.6) is 0 Å². The molecule has 0 aliphatic carbocycles. The van der Waals surface area contributed by atoms with Crippen LogP contribution in [-0.2, 0) is 23.9 Å². The van der Waals surface area contributed by atoms with Crippen molar-refractivity contribution >= 4 is 22.6 Å². The number of aromatic nitrogens is 2. The Morgan fingerprint density at radius 2 is 1.57 bits per heavy atom. The normalized spacial score (nSPS) is 11.6. The maximum absolute atomic E-state index is 13.5. The van der Waals surface area contributed by atoms with E-state index in [1.54, 1.807) is 24.3 Å². The highest BCUT2D eigenvalue weighted by molar-refractivity contribution is 5.92. The Kier molecular flexibility index (Phi) is 5.27. The lowest BCUT2D eigenvalue weighted by Gasteiger charge is -2.14. The Labute approximate surface area is 171 Å². The molecule has 0 atom stereocenters. The maximum atomic E-state index is 13.5. The summed E-state index contributed by atoms with van der Waals surface area (Å²) in [5.74, 6) is -1.64. The Morgan fingerprint density at radius 3 is 2.33 bits per heavy atom. The molecule has 0 spiro atoms. The van der Waals surface area contributed by atoms with Gasteiger partial charge in [-0.15, -0.1) is 0 Å². The molecule has 0 bridgehead atoms. The van der Waals surface area contributed by atoms with Gasteiger partial charge < -0.3 is 9.88 Å². The van der Waals surface area contributed by atoms with E-state index in [1.807, 2.05) is 42.5 Å². The molecule has 0 aliphatic rings. The third-order valence-corrected chi connectivity index (χ3v) is 4.74. The highest BCUT2D eigenvalue weighted by Crippen LogP contribution is 2.31. The summed E-state index contributed by atoms with van der Waals surface area (Å²) in [6, 6.07) is 23.2. The molecule has 1 N–H and O–H groups in total. The van der Waals surface area contributed by atoms with Crippen molar-refractivity contribution in [2.24, 2.45) is 0 Å². The minimum absolute atomic E-state index is 0.196. The minimum Gasteiger partial charge on any atom is -0.324 e. The predicted molar refractivity (Wildman–Crippen MR) is 109 cm³/mol. The van der Waals surface area contributed by atoms with Crippen LogP contribution in [0.1, 0.15) is 17.0 Å². The quantitative estimate of drug-likeness (QED) is 0.487. The largest absolute Gasteiger partial charge is 0.449 e. The monoisotopic (exact) mass is 409 g/mol. The molecule has 30 heavy (non-hydrogen) atoms. The van der Waals surface area contributed by atoms with Crippen molar-refractivity contribution in [3.63, 3.8) is 0 Å². The summed E-state index contributed by atoms with van der Waals surface area (Å²) in [4.78, 5) is 16.4. The van der Waals surface area contributed by atoms with E-state index >= 15 is 0 Å². The van der Waals surface area contributed by atoms with Gasteiger partial charge in [0.25, 0.3) is 0 Å². The molecule has 0 saturated heterocycles. The molecule has 0 saturated carbocycles. The average molecular weight is 409 g/mol. The number of rotatable bonds is 5. The van der Waals surface area contributed by atoms with Gasteiger partial charge in [0.15, 0.2) is 0 Å². The zero-order chi connectivity index (χ0) is 21.1. The van der Waals surface area contributed by atoms with E-state index in [9.17, 15) is 18.0 Å². The van der Waals surface area contributed by atoms with Gasteiger partial charge in [0.2, 0.25) is 11.7 Å². The van der Waals surface area contributed by atoms with Gasteiger partial charge >= 0.3 is 6.18 Å². The van der Waals surface area contributed by atoms with Gasteiger partial charge in [-0.05, 0) is 35.7 Å². The third-order valence-electron chi connectivity index (χ3n) is 4.74. The number of amides is 1. The number of alkyl halides is 3. The van der Waals surface area contributed by atoms with Crippen LogP contribution in [-0.4, -0.2) is 15.5 Å². The smallest absolute Gasteiger partial charge is 0.324 e. The number of hydrogen-bond donors (Lipinski definition) is 1. The molecule has 4 nitrogen and oxygen atoms in total. The highest BCUT2D eigenvalue weighted by Gasteiger charge is 2.38. The number of nitrogens with zero attached hydrogens (tertiary/aromatic N) is 2. The number of benzene rings is 3. The number of para-hydroxylation sites is 3. The lowest BCUT2D eigenvalue weighted by atomic mass is 10.0. The molecule has 0 radical (unpaired) electrons. The third kappa shape index (κ3) is 4.20. The molecule has 0 fully saturated rings. The van der Waals surface area contributed by atoms with Crippen LogP contribution >= 0.6 is 0 Å².